The Bertz CT molecular complexity index is 1270. The first kappa shape index (κ1) is 53.0. The Hall–Kier alpha value is -4.15. The molecule has 0 bridgehead atoms. The van der Waals surface area contributed by atoms with Crippen molar-refractivity contribution in [3.05, 3.63) is 78.0 Å². The summed E-state index contributed by atoms with van der Waals surface area (Å²) in [6.07, 6.45) is 15.9. The first-order valence-electron chi connectivity index (χ1n) is 20.1. The molecule has 0 heterocycles. The number of carbonyl (C=O) groups is 3. The molecular weight excluding hydrogens is 695 g/mol. The minimum absolute atomic E-state index is 0.0135. The van der Waals surface area contributed by atoms with Gasteiger partial charge in [-0.2, -0.15) is 0 Å². The number of methoxy groups -OCH3 is 1. The maximum absolute atomic E-state index is 12.0. The molecule has 0 aliphatic rings. The number of hydrogen-bond acceptors (Lipinski definition) is 9. The van der Waals surface area contributed by atoms with Crippen molar-refractivity contribution in [2.75, 3.05) is 20.2 Å². The van der Waals surface area contributed by atoms with Crippen LogP contribution in [0.25, 0.3) is 0 Å². The van der Waals surface area contributed by atoms with Crippen LogP contribution < -0.4 is 22.1 Å². The van der Waals surface area contributed by atoms with E-state index in [4.69, 9.17) is 20.9 Å². The molecule has 3 atom stereocenters. The van der Waals surface area contributed by atoms with Gasteiger partial charge in [-0.15, -0.1) is 0 Å². The number of amides is 1. The van der Waals surface area contributed by atoms with Gasteiger partial charge in [0.1, 0.15) is 18.8 Å². The number of alkyl carbamates (subject to hydrolysis) is 1. The summed E-state index contributed by atoms with van der Waals surface area (Å²) in [5.41, 5.74) is 13.1. The van der Waals surface area contributed by atoms with Gasteiger partial charge in [-0.25, -0.2) is 9.59 Å². The molecule has 0 fully saturated rings. The highest BCUT2D eigenvalue weighted by molar-refractivity contribution is 5.94. The molecule has 0 aliphatic carbocycles. The molecule has 1 amide bonds. The highest BCUT2D eigenvalue weighted by atomic mass is 16.5. The smallest absolute Gasteiger partial charge is 0.414 e. The average molecular weight is 768 g/mol. The predicted molar refractivity (Wildman–Crippen MR) is 226 cm³/mol. The molecule has 310 valence electrons. The van der Waals surface area contributed by atoms with E-state index in [2.05, 4.69) is 36.4 Å². The first-order chi connectivity index (χ1) is 26.7. The fourth-order valence-electron chi connectivity index (χ4n) is 4.81. The molecule has 2 aromatic carbocycles. The lowest BCUT2D eigenvalue weighted by molar-refractivity contribution is -0.123. The van der Waals surface area contributed by atoms with Gasteiger partial charge in [-0.1, -0.05) is 147 Å². The number of hydrogen-bond donors (Lipinski definition) is 4. The zero-order chi connectivity index (χ0) is 41.4. The Morgan fingerprint density at radius 3 is 1.87 bits per heavy atom. The van der Waals surface area contributed by atoms with E-state index in [1.165, 1.54) is 69.3 Å². The van der Waals surface area contributed by atoms with Crippen LogP contribution >= 0.6 is 0 Å². The molecule has 2 aromatic rings. The highest BCUT2D eigenvalue weighted by Gasteiger charge is 2.18. The SMILES string of the molecule is CCC(C)C(=O)C(N)CCN=C(NC=C=O)NC(=O)OCc1ccccc1.CCCCCCC(C=O)CCCC.CCCCCN.COCc1ccccc1. The third kappa shape index (κ3) is 33.0. The third-order valence-electron chi connectivity index (χ3n) is 8.39. The topological polar surface area (TPSA) is 175 Å². The number of unbranched alkanes of at least 4 members (excludes halogenated alkanes) is 6. The normalized spacial score (nSPS) is 12.0. The number of ether oxygens (including phenoxy) is 2. The van der Waals surface area contributed by atoms with Crippen molar-refractivity contribution in [2.24, 2.45) is 28.3 Å². The number of nitrogens with one attached hydrogen (secondary N) is 2. The van der Waals surface area contributed by atoms with E-state index in [1.807, 2.05) is 74.5 Å². The van der Waals surface area contributed by atoms with Gasteiger partial charge in [0.05, 0.1) is 18.8 Å². The van der Waals surface area contributed by atoms with Gasteiger partial charge < -0.3 is 31.1 Å². The lowest BCUT2D eigenvalue weighted by Crippen LogP contribution is -2.40. The zero-order valence-electron chi connectivity index (χ0n) is 34.7. The van der Waals surface area contributed by atoms with Crippen LogP contribution in [0, 0.1) is 11.8 Å². The maximum Gasteiger partial charge on any atom is 0.414 e. The van der Waals surface area contributed by atoms with Crippen LogP contribution in [0.3, 0.4) is 0 Å². The molecule has 0 radical (unpaired) electrons. The third-order valence-corrected chi connectivity index (χ3v) is 8.39. The number of aldehydes is 1. The summed E-state index contributed by atoms with van der Waals surface area (Å²) in [4.78, 5) is 49.0. The number of carbonyl (C=O) groups excluding carboxylic acids is 4. The van der Waals surface area contributed by atoms with Gasteiger partial charge in [-0.05, 0) is 49.8 Å². The second-order valence-electron chi connectivity index (χ2n) is 13.2. The van der Waals surface area contributed by atoms with Crippen molar-refractivity contribution in [3.8, 4) is 0 Å². The van der Waals surface area contributed by atoms with Crippen molar-refractivity contribution in [2.45, 2.75) is 137 Å². The summed E-state index contributed by atoms with van der Waals surface area (Å²) in [6.45, 7) is 12.2. The summed E-state index contributed by atoms with van der Waals surface area (Å²) in [6, 6.07) is 18.7. The van der Waals surface area contributed by atoms with Crippen LogP contribution in [-0.4, -0.2) is 56.3 Å². The molecule has 2 rings (SSSR count). The van der Waals surface area contributed by atoms with Gasteiger partial charge >= 0.3 is 6.09 Å². The Kier molecular flexibility index (Phi) is 38.1. The summed E-state index contributed by atoms with van der Waals surface area (Å²) >= 11 is 0. The van der Waals surface area contributed by atoms with E-state index in [0.717, 1.165) is 43.9 Å². The number of guanidine groups is 1. The lowest BCUT2D eigenvalue weighted by atomic mass is 9.96. The van der Waals surface area contributed by atoms with E-state index in [1.54, 1.807) is 7.11 Å². The lowest BCUT2D eigenvalue weighted by Gasteiger charge is -2.14. The summed E-state index contributed by atoms with van der Waals surface area (Å²) < 4.78 is 10.0. The Labute approximate surface area is 332 Å². The van der Waals surface area contributed by atoms with E-state index < -0.39 is 12.1 Å². The fraction of sp³-hybridized carbons (Fsp3) is 0.591. The largest absolute Gasteiger partial charge is 0.444 e. The molecule has 6 N–H and O–H groups in total. The molecule has 0 aliphatic heterocycles. The molecule has 0 spiro atoms. The molecule has 0 saturated carbocycles. The monoisotopic (exact) mass is 768 g/mol. The van der Waals surface area contributed by atoms with Gasteiger partial charge in [0.2, 0.25) is 5.96 Å². The number of ketones is 1. The molecule has 0 saturated heterocycles. The van der Waals surface area contributed by atoms with Gasteiger partial charge in [0.15, 0.2) is 5.78 Å². The average Bonchev–Trinajstić information content (AvgIpc) is 3.22. The van der Waals surface area contributed by atoms with Crippen LogP contribution in [0.2, 0.25) is 0 Å². The van der Waals surface area contributed by atoms with Crippen molar-refractivity contribution < 1.29 is 28.7 Å². The molecule has 11 nitrogen and oxygen atoms in total. The van der Waals surface area contributed by atoms with Crippen LogP contribution in [0.5, 0.6) is 0 Å². The summed E-state index contributed by atoms with van der Waals surface area (Å²) in [7, 11) is 1.70. The molecule has 3 unspecified atom stereocenters. The second kappa shape index (κ2) is 39.5. The van der Waals surface area contributed by atoms with Crippen LogP contribution in [0.4, 0.5) is 4.79 Å². The standard InChI is InChI=1S/C19H26N4O4.C12H24O.C8H10O.C5H13N/c1-3-14(2)17(25)16(20)9-10-21-18(22-11-12-24)23-19(26)27-13-15-7-5-4-6-8-15;1-3-5-7-8-10-12(11-13)9-6-4-2;1-9-7-8-5-3-2-4-6-8;1-2-3-4-5-6/h4-8,11,14,16H,3,9-10,13,20H2,1-2H3,(H2,21,22,23,26);11-12H,3-10H2,1-2H3;2-6H,7H2,1H3;2-6H2,1H3. The minimum Gasteiger partial charge on any atom is -0.444 e. The summed E-state index contributed by atoms with van der Waals surface area (Å²) in [5.74, 6) is 1.76. The van der Waals surface area contributed by atoms with Crippen molar-refractivity contribution in [1.29, 1.82) is 0 Å². The van der Waals surface area contributed by atoms with Crippen LogP contribution in [0.15, 0.2) is 71.9 Å². The minimum atomic E-state index is -0.732. The number of benzene rings is 2. The van der Waals surface area contributed by atoms with Crippen molar-refractivity contribution in [1.82, 2.24) is 10.6 Å². The van der Waals surface area contributed by atoms with E-state index in [-0.39, 0.29) is 30.8 Å². The zero-order valence-corrected chi connectivity index (χ0v) is 34.7. The number of nitrogens with zero attached hydrogens (tertiary/aromatic N) is 1. The number of rotatable bonds is 23. The van der Waals surface area contributed by atoms with Crippen molar-refractivity contribution in [3.63, 3.8) is 0 Å². The van der Waals surface area contributed by atoms with Crippen molar-refractivity contribution >= 4 is 30.1 Å². The van der Waals surface area contributed by atoms with Gasteiger partial charge in [0, 0.05) is 25.5 Å². The quantitative estimate of drug-likeness (QED) is 0.0284. The van der Waals surface area contributed by atoms with Gasteiger partial charge in [0.25, 0.3) is 0 Å². The fourth-order valence-corrected chi connectivity index (χ4v) is 4.81. The molecule has 0 aromatic heterocycles. The Morgan fingerprint density at radius 2 is 1.38 bits per heavy atom. The van der Waals surface area contributed by atoms with E-state index >= 15 is 0 Å². The number of aliphatic imine (C=N–C) groups is 1. The predicted octanol–water partition coefficient (Wildman–Crippen LogP) is 8.47. The highest BCUT2D eigenvalue weighted by Crippen LogP contribution is 2.15. The molecular formula is C44H73N5O6. The Balaban J connectivity index is 0. The molecule has 55 heavy (non-hydrogen) atoms. The number of Topliss-reactive ketones (excluding diaryl/α,β-unsaturated/α-hetero) is 1. The van der Waals surface area contributed by atoms with Gasteiger partial charge in [-0.3, -0.25) is 15.1 Å². The maximum atomic E-state index is 12.0. The van der Waals surface area contributed by atoms with E-state index in [0.29, 0.717) is 18.9 Å². The second-order valence-corrected chi connectivity index (χ2v) is 13.2. The van der Waals surface area contributed by atoms with E-state index in [9.17, 15) is 19.2 Å². The summed E-state index contributed by atoms with van der Waals surface area (Å²) in [5, 5.41) is 4.90. The van der Waals surface area contributed by atoms with Crippen LogP contribution in [0.1, 0.15) is 129 Å². The Morgan fingerprint density at radius 1 is 0.818 bits per heavy atom. The number of nitrogens with two attached hydrogens (primary N) is 2. The molecule has 11 heteroatoms. The van der Waals surface area contributed by atoms with Crippen LogP contribution in [-0.2, 0) is 37.1 Å². The first-order valence-corrected chi connectivity index (χ1v) is 20.1.